The molecule has 0 bridgehead atoms. The Hall–Kier alpha value is -2.57. The van der Waals surface area contributed by atoms with Crippen LogP contribution in [0.15, 0.2) is 29.1 Å². The molecule has 7 heteroatoms. The molecule has 0 unspecified atom stereocenters. The molecular formula is C11H11N5O2. The number of furan rings is 1. The third-order valence-electron chi connectivity index (χ3n) is 2.46. The zero-order chi connectivity index (χ0) is 12.4. The van der Waals surface area contributed by atoms with Gasteiger partial charge in [-0.1, -0.05) is 0 Å². The van der Waals surface area contributed by atoms with Crippen LogP contribution in [-0.4, -0.2) is 27.0 Å². The van der Waals surface area contributed by atoms with Gasteiger partial charge in [-0.05, 0) is 12.1 Å². The van der Waals surface area contributed by atoms with Gasteiger partial charge >= 0.3 is 6.01 Å². The van der Waals surface area contributed by atoms with Crippen molar-refractivity contribution < 1.29 is 9.15 Å². The number of rotatable bonds is 4. The van der Waals surface area contributed by atoms with Gasteiger partial charge in [0, 0.05) is 0 Å². The number of fused-ring (bicyclic) bond motifs is 1. The van der Waals surface area contributed by atoms with E-state index < -0.39 is 0 Å². The van der Waals surface area contributed by atoms with E-state index in [9.17, 15) is 0 Å². The number of hydrogen-bond donors (Lipinski definition) is 2. The molecule has 0 aliphatic heterocycles. The normalized spacial score (nSPS) is 10.7. The van der Waals surface area contributed by atoms with E-state index in [1.54, 1.807) is 12.6 Å². The Morgan fingerprint density at radius 1 is 1.44 bits per heavy atom. The first-order chi connectivity index (χ1) is 8.86. The van der Waals surface area contributed by atoms with E-state index in [1.807, 2.05) is 12.1 Å². The lowest BCUT2D eigenvalue weighted by atomic mass is 10.4. The highest BCUT2D eigenvalue weighted by Crippen LogP contribution is 2.20. The van der Waals surface area contributed by atoms with E-state index in [4.69, 9.17) is 9.15 Å². The Bertz CT molecular complexity index is 647. The molecule has 0 fully saturated rings. The van der Waals surface area contributed by atoms with E-state index in [1.165, 1.54) is 7.11 Å². The van der Waals surface area contributed by atoms with Crippen molar-refractivity contribution in [1.82, 2.24) is 19.9 Å². The summed E-state index contributed by atoms with van der Waals surface area (Å²) in [5.74, 6) is 1.45. The lowest BCUT2D eigenvalue weighted by Crippen LogP contribution is -2.03. The molecule has 7 nitrogen and oxygen atoms in total. The lowest BCUT2D eigenvalue weighted by molar-refractivity contribution is 0.382. The molecule has 0 saturated heterocycles. The predicted molar refractivity (Wildman–Crippen MR) is 64.3 cm³/mol. The molecule has 0 amide bonds. The van der Waals surface area contributed by atoms with Crippen molar-refractivity contribution in [2.75, 3.05) is 12.4 Å². The van der Waals surface area contributed by atoms with E-state index in [-0.39, 0.29) is 6.01 Å². The Labute approximate surface area is 102 Å². The second-order valence-electron chi connectivity index (χ2n) is 3.59. The maximum absolute atomic E-state index is 5.24. The number of nitrogens with one attached hydrogen (secondary N) is 2. The maximum Gasteiger partial charge on any atom is 0.320 e. The summed E-state index contributed by atoms with van der Waals surface area (Å²) in [6.07, 6.45) is 3.19. The van der Waals surface area contributed by atoms with Crippen LogP contribution < -0.4 is 10.1 Å². The number of imidazole rings is 1. The van der Waals surface area contributed by atoms with E-state index in [0.29, 0.717) is 18.0 Å². The fourth-order valence-electron chi connectivity index (χ4n) is 1.62. The zero-order valence-corrected chi connectivity index (χ0v) is 9.67. The Morgan fingerprint density at radius 2 is 2.39 bits per heavy atom. The molecular weight excluding hydrogens is 234 g/mol. The minimum Gasteiger partial charge on any atom is -0.467 e. The van der Waals surface area contributed by atoms with Crippen LogP contribution in [0.1, 0.15) is 5.76 Å². The minimum absolute atomic E-state index is 0.275. The monoisotopic (exact) mass is 245 g/mol. The maximum atomic E-state index is 5.24. The molecule has 92 valence electrons. The SMILES string of the molecule is COc1nc(NCc2ccco2)c2[nH]cnc2n1. The largest absolute Gasteiger partial charge is 0.467 e. The van der Waals surface area contributed by atoms with Gasteiger partial charge < -0.3 is 19.5 Å². The van der Waals surface area contributed by atoms with Crippen molar-refractivity contribution in [2.24, 2.45) is 0 Å². The highest BCUT2D eigenvalue weighted by molar-refractivity contribution is 5.82. The first-order valence-electron chi connectivity index (χ1n) is 5.38. The second-order valence-corrected chi connectivity index (χ2v) is 3.59. The average molecular weight is 245 g/mol. The van der Waals surface area contributed by atoms with E-state index in [2.05, 4.69) is 25.3 Å². The van der Waals surface area contributed by atoms with Crippen LogP contribution in [-0.2, 0) is 6.54 Å². The number of aromatic amines is 1. The molecule has 0 atom stereocenters. The van der Waals surface area contributed by atoms with Gasteiger partial charge in [0.15, 0.2) is 11.5 Å². The zero-order valence-electron chi connectivity index (χ0n) is 9.67. The number of ether oxygens (including phenoxy) is 1. The fourth-order valence-corrected chi connectivity index (χ4v) is 1.62. The fraction of sp³-hybridized carbons (Fsp3) is 0.182. The molecule has 0 spiro atoms. The topological polar surface area (TPSA) is 88.9 Å². The molecule has 3 aromatic rings. The van der Waals surface area contributed by atoms with Crippen molar-refractivity contribution >= 4 is 17.0 Å². The van der Waals surface area contributed by atoms with Crippen molar-refractivity contribution in [1.29, 1.82) is 0 Å². The Balaban J connectivity index is 1.92. The lowest BCUT2D eigenvalue weighted by Gasteiger charge is -2.05. The third kappa shape index (κ3) is 1.86. The van der Waals surface area contributed by atoms with Gasteiger partial charge in [-0.15, -0.1) is 0 Å². The summed E-state index contributed by atoms with van der Waals surface area (Å²) in [4.78, 5) is 15.4. The molecule has 0 aliphatic carbocycles. The summed E-state index contributed by atoms with van der Waals surface area (Å²) in [6, 6.07) is 4.00. The summed E-state index contributed by atoms with van der Waals surface area (Å²) in [6.45, 7) is 0.529. The van der Waals surface area contributed by atoms with Crippen LogP contribution in [0.5, 0.6) is 6.01 Å². The van der Waals surface area contributed by atoms with Gasteiger partial charge in [0.2, 0.25) is 0 Å². The number of methoxy groups -OCH3 is 1. The van der Waals surface area contributed by atoms with Crippen LogP contribution in [0.2, 0.25) is 0 Å². The van der Waals surface area contributed by atoms with E-state index in [0.717, 1.165) is 11.3 Å². The summed E-state index contributed by atoms with van der Waals surface area (Å²) in [5, 5.41) is 3.15. The summed E-state index contributed by atoms with van der Waals surface area (Å²) in [7, 11) is 1.52. The minimum atomic E-state index is 0.275. The first kappa shape index (κ1) is 10.6. The Morgan fingerprint density at radius 3 is 3.17 bits per heavy atom. The molecule has 3 heterocycles. The van der Waals surface area contributed by atoms with Crippen LogP contribution in [0, 0.1) is 0 Å². The molecule has 3 rings (SSSR count). The van der Waals surface area contributed by atoms with Crippen LogP contribution in [0.4, 0.5) is 5.82 Å². The van der Waals surface area contributed by atoms with Crippen LogP contribution in [0.25, 0.3) is 11.2 Å². The molecule has 2 N–H and O–H groups in total. The third-order valence-corrected chi connectivity index (χ3v) is 2.46. The highest BCUT2D eigenvalue weighted by atomic mass is 16.5. The predicted octanol–water partition coefficient (Wildman–Crippen LogP) is 1.57. The van der Waals surface area contributed by atoms with Gasteiger partial charge in [-0.3, -0.25) is 0 Å². The standard InChI is InChI=1S/C11H11N5O2/c1-17-11-15-9(8-10(16-11)14-6-13-8)12-5-7-3-2-4-18-7/h2-4,6H,5H2,1H3,(H2,12,13,14,15,16). The quantitative estimate of drug-likeness (QED) is 0.725. The number of hydrogen-bond acceptors (Lipinski definition) is 6. The van der Waals surface area contributed by atoms with Gasteiger partial charge in [0.05, 0.1) is 26.2 Å². The summed E-state index contributed by atoms with van der Waals surface area (Å²) < 4.78 is 10.3. The van der Waals surface area contributed by atoms with Crippen molar-refractivity contribution in [3.63, 3.8) is 0 Å². The van der Waals surface area contributed by atoms with Crippen LogP contribution in [0.3, 0.4) is 0 Å². The molecule has 0 radical (unpaired) electrons. The number of anilines is 1. The molecule has 3 aromatic heterocycles. The Kier molecular flexibility index (Phi) is 2.56. The highest BCUT2D eigenvalue weighted by Gasteiger charge is 2.10. The van der Waals surface area contributed by atoms with Crippen molar-refractivity contribution in [3.8, 4) is 6.01 Å². The molecule has 0 aliphatic rings. The average Bonchev–Trinajstić information content (AvgIpc) is 3.06. The van der Waals surface area contributed by atoms with Gasteiger partial charge in [-0.25, -0.2) is 4.98 Å². The van der Waals surface area contributed by atoms with Crippen molar-refractivity contribution in [3.05, 3.63) is 30.5 Å². The van der Waals surface area contributed by atoms with Crippen molar-refractivity contribution in [2.45, 2.75) is 6.54 Å². The number of H-pyrrole nitrogens is 1. The van der Waals surface area contributed by atoms with Crippen LogP contribution >= 0.6 is 0 Å². The number of aromatic nitrogens is 4. The molecule has 0 aromatic carbocycles. The van der Waals surface area contributed by atoms with Gasteiger partial charge in [0.25, 0.3) is 0 Å². The van der Waals surface area contributed by atoms with Gasteiger partial charge in [-0.2, -0.15) is 9.97 Å². The first-order valence-corrected chi connectivity index (χ1v) is 5.38. The number of nitrogens with zero attached hydrogens (tertiary/aromatic N) is 3. The van der Waals surface area contributed by atoms with Gasteiger partial charge in [0.1, 0.15) is 11.3 Å². The molecule has 18 heavy (non-hydrogen) atoms. The molecule has 0 saturated carbocycles. The smallest absolute Gasteiger partial charge is 0.320 e. The summed E-state index contributed by atoms with van der Waals surface area (Å²) >= 11 is 0. The second kappa shape index (κ2) is 4.36. The van der Waals surface area contributed by atoms with E-state index >= 15 is 0 Å². The summed E-state index contributed by atoms with van der Waals surface area (Å²) in [5.41, 5.74) is 1.30.